The fraction of sp³-hybridized carbons (Fsp3) is 0.667. The van der Waals surface area contributed by atoms with Crippen molar-refractivity contribution in [3.8, 4) is 0 Å². The first kappa shape index (κ1) is 14.5. The van der Waals surface area contributed by atoms with E-state index in [2.05, 4.69) is 10.3 Å². The zero-order valence-electron chi connectivity index (χ0n) is 12.3. The predicted molar refractivity (Wildman–Crippen MR) is 81.0 cm³/mol. The van der Waals surface area contributed by atoms with Crippen molar-refractivity contribution >= 4 is 23.2 Å². The van der Waals surface area contributed by atoms with Crippen molar-refractivity contribution in [3.05, 3.63) is 16.1 Å². The molecule has 114 valence electrons. The monoisotopic (exact) mass is 307 g/mol. The van der Waals surface area contributed by atoms with Gasteiger partial charge in [-0.15, -0.1) is 11.3 Å². The summed E-state index contributed by atoms with van der Waals surface area (Å²) in [5, 5.41) is 6.01. The highest BCUT2D eigenvalue weighted by molar-refractivity contribution is 7.09. The van der Waals surface area contributed by atoms with E-state index in [9.17, 15) is 9.59 Å². The number of likely N-dealkylation sites (tertiary alicyclic amines) is 1. The van der Waals surface area contributed by atoms with E-state index < -0.39 is 0 Å². The first-order chi connectivity index (χ1) is 10.1. The molecule has 6 heteroatoms. The van der Waals surface area contributed by atoms with Gasteiger partial charge < -0.3 is 10.2 Å². The molecule has 1 aromatic rings. The summed E-state index contributed by atoms with van der Waals surface area (Å²) in [6.07, 6.45) is 3.58. The summed E-state index contributed by atoms with van der Waals surface area (Å²) in [4.78, 5) is 30.3. The Balaban J connectivity index is 1.41. The van der Waals surface area contributed by atoms with E-state index in [4.69, 9.17) is 0 Å². The van der Waals surface area contributed by atoms with Crippen LogP contribution in [0.3, 0.4) is 0 Å². The Labute approximate surface area is 128 Å². The Hall–Kier alpha value is -1.43. The number of nitrogens with one attached hydrogen (secondary N) is 1. The van der Waals surface area contributed by atoms with Crippen LogP contribution in [0.2, 0.25) is 0 Å². The molecule has 1 aromatic heterocycles. The number of amides is 2. The summed E-state index contributed by atoms with van der Waals surface area (Å²) in [6, 6.07) is 0. The normalized spacial score (nSPS) is 21.9. The zero-order chi connectivity index (χ0) is 14.8. The van der Waals surface area contributed by atoms with Crippen LogP contribution in [0.5, 0.6) is 0 Å². The number of nitrogens with zero attached hydrogens (tertiary/aromatic N) is 2. The maximum atomic E-state index is 12.1. The Kier molecular flexibility index (Phi) is 4.24. The average Bonchev–Trinajstić information content (AvgIpc) is 3.06. The SMILES string of the molecule is Cc1nc(CCNC(=O)[C@@H]2CC(=O)N(CC3CC3)C2)cs1. The van der Waals surface area contributed by atoms with Gasteiger partial charge in [0.15, 0.2) is 0 Å². The van der Waals surface area contributed by atoms with Crippen LogP contribution in [0.15, 0.2) is 5.38 Å². The summed E-state index contributed by atoms with van der Waals surface area (Å²) in [7, 11) is 0. The fourth-order valence-corrected chi connectivity index (χ4v) is 3.36. The molecule has 2 fully saturated rings. The van der Waals surface area contributed by atoms with Crippen LogP contribution in [0.4, 0.5) is 0 Å². The lowest BCUT2D eigenvalue weighted by Gasteiger charge is -2.15. The molecule has 3 rings (SSSR count). The molecule has 5 nitrogen and oxygen atoms in total. The molecule has 2 aliphatic rings. The van der Waals surface area contributed by atoms with E-state index in [1.807, 2.05) is 17.2 Å². The lowest BCUT2D eigenvalue weighted by Crippen LogP contribution is -2.34. The van der Waals surface area contributed by atoms with Gasteiger partial charge in [0.05, 0.1) is 16.6 Å². The van der Waals surface area contributed by atoms with Crippen molar-refractivity contribution in [1.82, 2.24) is 15.2 Å². The van der Waals surface area contributed by atoms with Crippen LogP contribution in [0.1, 0.15) is 30.0 Å². The zero-order valence-corrected chi connectivity index (χ0v) is 13.1. The number of hydrogen-bond donors (Lipinski definition) is 1. The van der Waals surface area contributed by atoms with Gasteiger partial charge in [-0.1, -0.05) is 0 Å². The Bertz CT molecular complexity index is 539. The van der Waals surface area contributed by atoms with Crippen molar-refractivity contribution in [3.63, 3.8) is 0 Å². The van der Waals surface area contributed by atoms with Gasteiger partial charge >= 0.3 is 0 Å². The molecule has 2 amide bonds. The molecule has 0 unspecified atom stereocenters. The van der Waals surface area contributed by atoms with Crippen molar-refractivity contribution in [2.75, 3.05) is 19.6 Å². The van der Waals surface area contributed by atoms with Crippen molar-refractivity contribution in [1.29, 1.82) is 0 Å². The van der Waals surface area contributed by atoms with Crippen LogP contribution in [-0.4, -0.2) is 41.3 Å². The summed E-state index contributed by atoms with van der Waals surface area (Å²) in [5.74, 6) is 0.655. The minimum Gasteiger partial charge on any atom is -0.355 e. The maximum Gasteiger partial charge on any atom is 0.225 e. The maximum absolute atomic E-state index is 12.1. The Morgan fingerprint density at radius 2 is 2.33 bits per heavy atom. The Morgan fingerprint density at radius 1 is 1.52 bits per heavy atom. The van der Waals surface area contributed by atoms with Gasteiger partial charge in [-0.3, -0.25) is 9.59 Å². The third-order valence-electron chi connectivity index (χ3n) is 4.11. The molecule has 1 saturated heterocycles. The summed E-state index contributed by atoms with van der Waals surface area (Å²) in [5.41, 5.74) is 1.02. The van der Waals surface area contributed by atoms with Crippen molar-refractivity contribution in [2.45, 2.75) is 32.6 Å². The summed E-state index contributed by atoms with van der Waals surface area (Å²) >= 11 is 1.63. The van der Waals surface area contributed by atoms with Gasteiger partial charge in [0.1, 0.15) is 0 Å². The summed E-state index contributed by atoms with van der Waals surface area (Å²) < 4.78 is 0. The highest BCUT2D eigenvalue weighted by Crippen LogP contribution is 2.31. The van der Waals surface area contributed by atoms with Gasteiger partial charge in [0.25, 0.3) is 0 Å². The largest absolute Gasteiger partial charge is 0.355 e. The number of carbonyl (C=O) groups excluding carboxylic acids is 2. The van der Waals surface area contributed by atoms with Gasteiger partial charge in [-0.2, -0.15) is 0 Å². The molecule has 21 heavy (non-hydrogen) atoms. The van der Waals surface area contributed by atoms with E-state index in [0.29, 0.717) is 25.4 Å². The van der Waals surface area contributed by atoms with Gasteiger partial charge in [-0.25, -0.2) is 4.98 Å². The molecule has 1 saturated carbocycles. The van der Waals surface area contributed by atoms with E-state index in [1.54, 1.807) is 11.3 Å². The molecule has 0 aromatic carbocycles. The van der Waals surface area contributed by atoms with Crippen LogP contribution in [0, 0.1) is 18.8 Å². The van der Waals surface area contributed by atoms with Gasteiger partial charge in [-0.05, 0) is 25.7 Å². The number of aryl methyl sites for hydroxylation is 1. The van der Waals surface area contributed by atoms with Crippen molar-refractivity contribution in [2.24, 2.45) is 11.8 Å². The second kappa shape index (κ2) is 6.13. The number of carbonyl (C=O) groups is 2. The smallest absolute Gasteiger partial charge is 0.225 e. The van der Waals surface area contributed by atoms with Crippen molar-refractivity contribution < 1.29 is 9.59 Å². The molecule has 2 heterocycles. The van der Waals surface area contributed by atoms with Crippen LogP contribution in [0.25, 0.3) is 0 Å². The van der Waals surface area contributed by atoms with Crippen LogP contribution >= 0.6 is 11.3 Å². The minimum absolute atomic E-state index is 0.00796. The topological polar surface area (TPSA) is 62.3 Å². The lowest BCUT2D eigenvalue weighted by molar-refractivity contribution is -0.129. The molecule has 1 atom stereocenters. The molecular formula is C15H21N3O2S. The highest BCUT2D eigenvalue weighted by Gasteiger charge is 2.36. The lowest BCUT2D eigenvalue weighted by atomic mass is 10.1. The van der Waals surface area contributed by atoms with E-state index in [-0.39, 0.29) is 17.7 Å². The summed E-state index contributed by atoms with van der Waals surface area (Å²) in [6.45, 7) is 4.01. The number of aromatic nitrogens is 1. The molecule has 0 radical (unpaired) electrons. The predicted octanol–water partition coefficient (Wildman–Crippen LogP) is 1.37. The quantitative estimate of drug-likeness (QED) is 0.863. The molecule has 0 bridgehead atoms. The Morgan fingerprint density at radius 3 is 3.00 bits per heavy atom. The van der Waals surface area contributed by atoms with Crippen LogP contribution < -0.4 is 5.32 Å². The highest BCUT2D eigenvalue weighted by atomic mass is 32.1. The second-order valence-corrected chi connectivity index (χ2v) is 7.10. The average molecular weight is 307 g/mol. The number of thiazole rings is 1. The number of hydrogen-bond acceptors (Lipinski definition) is 4. The third kappa shape index (κ3) is 3.81. The molecule has 0 spiro atoms. The number of rotatable bonds is 6. The van der Waals surface area contributed by atoms with E-state index in [1.165, 1.54) is 12.8 Å². The molecule has 1 N–H and O–H groups in total. The fourth-order valence-electron chi connectivity index (χ4n) is 2.72. The standard InChI is InChI=1S/C15H21N3O2S/c1-10-17-13(9-21-10)4-5-16-15(20)12-6-14(19)18(8-12)7-11-2-3-11/h9,11-12H,2-8H2,1H3,(H,16,20)/t12-/m1/s1. The van der Waals surface area contributed by atoms with E-state index >= 15 is 0 Å². The van der Waals surface area contributed by atoms with Gasteiger partial charge in [0, 0.05) is 37.9 Å². The first-order valence-corrected chi connectivity index (χ1v) is 8.46. The minimum atomic E-state index is -0.173. The first-order valence-electron chi connectivity index (χ1n) is 7.58. The van der Waals surface area contributed by atoms with Gasteiger partial charge in [0.2, 0.25) is 11.8 Å². The van der Waals surface area contributed by atoms with Crippen LogP contribution in [-0.2, 0) is 16.0 Å². The van der Waals surface area contributed by atoms with E-state index in [0.717, 1.165) is 23.7 Å². The molecular weight excluding hydrogens is 286 g/mol. The molecule has 1 aliphatic heterocycles. The molecule has 1 aliphatic carbocycles. The second-order valence-electron chi connectivity index (χ2n) is 6.04. The third-order valence-corrected chi connectivity index (χ3v) is 4.93.